The van der Waals surface area contributed by atoms with Gasteiger partial charge in [-0.05, 0) is 54.8 Å². The zero-order chi connectivity index (χ0) is 32.1. The molecule has 3 aromatic carbocycles. The molecule has 44 heavy (non-hydrogen) atoms. The van der Waals surface area contributed by atoms with Crippen molar-refractivity contribution in [2.45, 2.75) is 31.3 Å². The van der Waals surface area contributed by atoms with Gasteiger partial charge in [-0.15, -0.1) is 0 Å². The van der Waals surface area contributed by atoms with Crippen molar-refractivity contribution in [2.75, 3.05) is 61.1 Å². The predicted molar refractivity (Wildman–Crippen MR) is 174 cm³/mol. The number of benzene rings is 3. The normalized spacial score (nSPS) is 20.8. The minimum Gasteiger partial charge on any atom is -0.497 e. The van der Waals surface area contributed by atoms with E-state index in [0.29, 0.717) is 43.5 Å². The maximum atomic E-state index is 15.3. The van der Waals surface area contributed by atoms with E-state index in [1.165, 1.54) is 24.3 Å². The molecule has 0 aromatic heterocycles. The number of amides is 1. The van der Waals surface area contributed by atoms with E-state index in [2.05, 4.69) is 45.8 Å². The molecule has 2 heterocycles. The fraction of sp³-hybridized carbons (Fsp3) is 0.429. The zero-order valence-corrected chi connectivity index (χ0v) is 27.0. The summed E-state index contributed by atoms with van der Waals surface area (Å²) in [6.45, 7) is 6.15. The quantitative estimate of drug-likeness (QED) is 0.331. The van der Waals surface area contributed by atoms with Crippen LogP contribution in [0, 0.1) is 11.7 Å². The number of carbonyl (C=O) groups excluding carboxylic acids is 2. The van der Waals surface area contributed by atoms with Gasteiger partial charge < -0.3 is 19.2 Å². The first-order valence-electron chi connectivity index (χ1n) is 14.9. The van der Waals surface area contributed by atoms with Crippen LogP contribution in [0.1, 0.15) is 41.5 Å². The highest BCUT2D eigenvalue weighted by Crippen LogP contribution is 2.37. The summed E-state index contributed by atoms with van der Waals surface area (Å²) < 4.78 is 24.8. The van der Waals surface area contributed by atoms with E-state index in [1.54, 1.807) is 26.4 Å². The van der Waals surface area contributed by atoms with Crippen molar-refractivity contribution in [1.29, 1.82) is 0 Å². The fourth-order valence-corrected chi connectivity index (χ4v) is 6.29. The molecular weight excluding hydrogens is 581 g/mol. The monoisotopic (exact) mass is 625 g/mol. The Morgan fingerprint density at radius 1 is 0.955 bits per heavy atom. The van der Waals surface area contributed by atoms with Crippen LogP contribution in [0.25, 0.3) is 0 Å². The molecule has 5 rings (SSSR count). The number of methoxy groups -OCH3 is 2. The first-order valence-corrected chi connectivity index (χ1v) is 15.3. The molecule has 0 saturated carbocycles. The molecule has 0 spiro atoms. The van der Waals surface area contributed by atoms with Crippen molar-refractivity contribution in [3.8, 4) is 5.75 Å². The van der Waals surface area contributed by atoms with Gasteiger partial charge in [0.25, 0.3) is 0 Å². The molecule has 0 bridgehead atoms. The van der Waals surface area contributed by atoms with Crippen LogP contribution in [0.5, 0.6) is 5.75 Å². The molecule has 1 amide bonds. The molecule has 238 valence electrons. The SMILES string of the molecule is C=O.COC.COc1ccc([C@@H]2CN(Cc3ccccc3)C[C@H]2C(=O)N2CCCC(c3ccc(Cl)cc3)N(C)CC2)c(F)c1. The Bertz CT molecular complexity index is 1300. The molecule has 1 unspecified atom stereocenters. The highest BCUT2D eigenvalue weighted by molar-refractivity contribution is 6.30. The van der Waals surface area contributed by atoms with E-state index in [9.17, 15) is 4.79 Å². The second kappa shape index (κ2) is 17.9. The molecule has 2 fully saturated rings. The summed E-state index contributed by atoms with van der Waals surface area (Å²) in [5, 5.41) is 0.741. The van der Waals surface area contributed by atoms with Crippen LogP contribution in [0.15, 0.2) is 72.8 Å². The van der Waals surface area contributed by atoms with E-state index >= 15 is 4.39 Å². The Hall–Kier alpha value is -3.30. The van der Waals surface area contributed by atoms with Gasteiger partial charge in [0.1, 0.15) is 18.4 Å². The molecule has 2 saturated heterocycles. The van der Waals surface area contributed by atoms with Gasteiger partial charge >= 0.3 is 0 Å². The number of halogens is 2. The zero-order valence-electron chi connectivity index (χ0n) is 26.3. The molecule has 2 aliphatic heterocycles. The maximum Gasteiger partial charge on any atom is 0.227 e. The van der Waals surface area contributed by atoms with Gasteiger partial charge in [-0.25, -0.2) is 4.39 Å². The summed E-state index contributed by atoms with van der Waals surface area (Å²) in [5.41, 5.74) is 3.04. The van der Waals surface area contributed by atoms with Crippen LogP contribution in [0.4, 0.5) is 4.39 Å². The molecule has 0 radical (unpaired) electrons. The summed E-state index contributed by atoms with van der Waals surface area (Å²) in [6, 6.07) is 23.7. The molecule has 0 N–H and O–H groups in total. The minimum absolute atomic E-state index is 0.129. The molecular formula is C35H45ClFN3O4. The summed E-state index contributed by atoms with van der Waals surface area (Å²) >= 11 is 6.11. The van der Waals surface area contributed by atoms with Gasteiger partial charge in [0.05, 0.1) is 13.0 Å². The van der Waals surface area contributed by atoms with Crippen molar-refractivity contribution < 1.29 is 23.5 Å². The van der Waals surface area contributed by atoms with Crippen LogP contribution in [0.3, 0.4) is 0 Å². The van der Waals surface area contributed by atoms with E-state index in [1.807, 2.05) is 42.0 Å². The van der Waals surface area contributed by atoms with Gasteiger partial charge in [0.2, 0.25) is 5.91 Å². The molecule has 3 atom stereocenters. The van der Waals surface area contributed by atoms with Crippen molar-refractivity contribution in [3.63, 3.8) is 0 Å². The predicted octanol–water partition coefficient (Wildman–Crippen LogP) is 6.08. The van der Waals surface area contributed by atoms with Gasteiger partial charge in [0, 0.05) is 76.5 Å². The van der Waals surface area contributed by atoms with E-state index in [-0.39, 0.29) is 23.6 Å². The van der Waals surface area contributed by atoms with Gasteiger partial charge in [-0.1, -0.05) is 60.1 Å². The van der Waals surface area contributed by atoms with E-state index in [4.69, 9.17) is 21.1 Å². The minimum atomic E-state index is -0.308. The van der Waals surface area contributed by atoms with Crippen LogP contribution < -0.4 is 4.74 Å². The number of likely N-dealkylation sites (N-methyl/N-ethyl adjacent to an activating group) is 1. The third-order valence-corrected chi connectivity index (χ3v) is 8.55. The van der Waals surface area contributed by atoms with Gasteiger partial charge in [0.15, 0.2) is 0 Å². The second-order valence-electron chi connectivity index (χ2n) is 11.2. The summed E-state index contributed by atoms with van der Waals surface area (Å²) in [5.74, 6) is -0.202. The van der Waals surface area contributed by atoms with Crippen molar-refractivity contribution in [1.82, 2.24) is 14.7 Å². The number of ether oxygens (including phenoxy) is 2. The Labute approximate surface area is 266 Å². The lowest BCUT2D eigenvalue weighted by atomic mass is 9.87. The summed E-state index contributed by atoms with van der Waals surface area (Å²) in [4.78, 5) is 28.7. The summed E-state index contributed by atoms with van der Waals surface area (Å²) in [7, 11) is 6.91. The Morgan fingerprint density at radius 3 is 2.27 bits per heavy atom. The third-order valence-electron chi connectivity index (χ3n) is 8.30. The third kappa shape index (κ3) is 9.35. The highest BCUT2D eigenvalue weighted by atomic mass is 35.5. The summed E-state index contributed by atoms with van der Waals surface area (Å²) in [6.07, 6.45) is 1.87. The van der Waals surface area contributed by atoms with Crippen LogP contribution >= 0.6 is 11.6 Å². The number of hydrogen-bond donors (Lipinski definition) is 0. The topological polar surface area (TPSA) is 62.3 Å². The van der Waals surface area contributed by atoms with Gasteiger partial charge in [-0.2, -0.15) is 0 Å². The van der Waals surface area contributed by atoms with Crippen molar-refractivity contribution in [2.24, 2.45) is 5.92 Å². The Balaban J connectivity index is 0.000000997. The fourth-order valence-electron chi connectivity index (χ4n) is 6.16. The number of hydrogen-bond acceptors (Lipinski definition) is 6. The Kier molecular flexibility index (Phi) is 14.3. The molecule has 7 nitrogen and oxygen atoms in total. The molecule has 0 aliphatic carbocycles. The Morgan fingerprint density at radius 2 is 1.64 bits per heavy atom. The lowest BCUT2D eigenvalue weighted by Crippen LogP contribution is -2.45. The van der Waals surface area contributed by atoms with Crippen molar-refractivity contribution >= 4 is 24.3 Å². The van der Waals surface area contributed by atoms with E-state index in [0.717, 1.165) is 31.0 Å². The lowest BCUT2D eigenvalue weighted by molar-refractivity contribution is -0.136. The van der Waals surface area contributed by atoms with Crippen molar-refractivity contribution in [3.05, 3.63) is 100 Å². The van der Waals surface area contributed by atoms with Crippen LogP contribution in [-0.2, 0) is 20.9 Å². The maximum absolute atomic E-state index is 15.3. The van der Waals surface area contributed by atoms with E-state index < -0.39 is 0 Å². The van der Waals surface area contributed by atoms with Crippen LogP contribution in [-0.4, -0.2) is 88.5 Å². The molecule has 2 aliphatic rings. The average Bonchev–Trinajstić information content (AvgIpc) is 3.44. The van der Waals surface area contributed by atoms with Gasteiger partial charge in [-0.3, -0.25) is 14.6 Å². The number of likely N-dealkylation sites (tertiary alicyclic amines) is 1. The standard InChI is InChI=1S/C32H37ClFN3O2.C2H6O.CH2O/c1-35-17-18-37(16-6-9-31(35)24-10-12-25(33)13-11-24)32(38)29-22-36(20-23-7-4-3-5-8-23)21-28(29)27-15-14-26(39-2)19-30(27)34;1-3-2;1-2/h3-5,7-8,10-15,19,28-29,31H,6,9,16-18,20-22H2,1-2H3;1-2H3;1H2/t28-,29+,31?;;/m0../s1. The molecule has 9 heteroatoms. The number of carbonyl (C=O) groups is 2. The smallest absolute Gasteiger partial charge is 0.227 e. The molecule has 3 aromatic rings. The first-order chi connectivity index (χ1) is 21.3. The number of nitrogens with zero attached hydrogens (tertiary/aromatic N) is 3. The van der Waals surface area contributed by atoms with Crippen LogP contribution in [0.2, 0.25) is 5.02 Å². The highest BCUT2D eigenvalue weighted by Gasteiger charge is 2.41. The number of rotatable bonds is 6. The lowest BCUT2D eigenvalue weighted by Gasteiger charge is -2.36. The first kappa shape index (κ1) is 35.2. The second-order valence-corrected chi connectivity index (χ2v) is 11.6. The largest absolute Gasteiger partial charge is 0.497 e. The average molecular weight is 626 g/mol.